The Balaban J connectivity index is 8.03. The van der Waals surface area contributed by atoms with Crippen molar-refractivity contribution < 1.29 is 184 Å². The van der Waals surface area contributed by atoms with Crippen molar-refractivity contribution in [2.75, 3.05) is 0 Å². The lowest BCUT2D eigenvalue weighted by Crippen LogP contribution is -2.90. The zero-order chi connectivity index (χ0) is 54.5. The quantitative estimate of drug-likeness (QED) is 0.106. The fourth-order valence-corrected chi connectivity index (χ4v) is 5.58. The number of halogens is 42. The van der Waals surface area contributed by atoms with Crippen molar-refractivity contribution in [3.8, 4) is 0 Å². The van der Waals surface area contributed by atoms with Gasteiger partial charge in [-0.1, -0.05) is 0 Å². The molecule has 0 aromatic heterocycles. The SMILES string of the molecule is N[Si](N)(C(F)(F)C(F)(F)C(F)(F)C(F)(F)C(F)(F)C(F)(F)C(F)(F)C(F)(F)C(F)(F)C(F)(F)F)C(F)(F)C(F)(F)C(F)(F)C(F)(F)C(F)(F)C(F)(F)C(F)(F)C(F)(F)C(F)(F)C(F)(F)F. The molecule has 0 aliphatic rings. The van der Waals surface area contributed by atoms with E-state index in [0.717, 1.165) is 0 Å². The number of nitrogens with two attached hydrogens (primary N) is 2. The Morgan fingerprint density at radius 1 is 0.154 bits per heavy atom. The zero-order valence-corrected chi connectivity index (χ0v) is 28.5. The normalized spacial score (nSPS) is 17.5. The summed E-state index contributed by atoms with van der Waals surface area (Å²) < 4.78 is 569. The van der Waals surface area contributed by atoms with Crippen LogP contribution >= 0.6 is 0 Å². The molecule has 0 rings (SSSR count). The van der Waals surface area contributed by atoms with Crippen molar-refractivity contribution >= 4 is 8.40 Å². The summed E-state index contributed by atoms with van der Waals surface area (Å²) in [7, 11) is -10.9. The summed E-state index contributed by atoms with van der Waals surface area (Å²) in [5, 5.41) is 6.31. The molecule has 0 saturated heterocycles. The van der Waals surface area contributed by atoms with Crippen LogP contribution in [0.1, 0.15) is 0 Å². The Bertz CT molecular complexity index is 1620. The van der Waals surface area contributed by atoms with E-state index in [-0.39, 0.29) is 0 Å². The highest BCUT2D eigenvalue weighted by Gasteiger charge is 3.03. The predicted molar refractivity (Wildman–Crippen MR) is 115 cm³/mol. The minimum absolute atomic E-state index is 3.15. The van der Waals surface area contributed by atoms with Crippen molar-refractivity contribution in [1.29, 1.82) is 0 Å². The standard InChI is InChI=1S/C20H4F42N2Si/c21-1(22,5(29,30)9(37,38)13(45,46)17(53,54)55)3(25,26)7(33,34)11(41,42)15(49,50)19(59,60)65(63,64)20(61,62)16(51,52)12(43,44)8(35,36)4(27,28)2(23,24)6(31,32)10(39,40)14(47,48)18(56,57)58/h63-64H2. The van der Waals surface area contributed by atoms with Gasteiger partial charge in [-0.05, 0) is 0 Å². The van der Waals surface area contributed by atoms with E-state index < -0.39 is 127 Å². The van der Waals surface area contributed by atoms with E-state index in [2.05, 4.69) is 10.8 Å². The van der Waals surface area contributed by atoms with E-state index >= 15 is 0 Å². The van der Waals surface area contributed by atoms with Crippen molar-refractivity contribution in [2.45, 2.75) is 118 Å². The average Bonchev–Trinajstić information content (AvgIpc) is 3.05. The zero-order valence-electron chi connectivity index (χ0n) is 27.5. The van der Waals surface area contributed by atoms with Crippen LogP contribution in [0, 0.1) is 0 Å². The molecule has 0 aliphatic heterocycles. The summed E-state index contributed by atoms with van der Waals surface area (Å²) in [6.45, 7) is 0. The molecule has 0 radical (unpaired) electrons. The fraction of sp³-hybridized carbons (Fsp3) is 1.00. The molecule has 0 aromatic rings. The molecule has 0 saturated carbocycles. The Kier molecular flexibility index (Phi) is 14.0. The summed E-state index contributed by atoms with van der Waals surface area (Å²) in [5.74, 6) is -158. The van der Waals surface area contributed by atoms with Gasteiger partial charge in [-0.25, -0.2) is 17.6 Å². The van der Waals surface area contributed by atoms with Crippen LogP contribution in [-0.4, -0.2) is 127 Å². The largest absolute Gasteiger partial charge is 0.460 e. The van der Waals surface area contributed by atoms with Crippen molar-refractivity contribution in [2.24, 2.45) is 10.8 Å². The van der Waals surface area contributed by atoms with Gasteiger partial charge < -0.3 is 10.8 Å². The van der Waals surface area contributed by atoms with Crippen molar-refractivity contribution in [3.63, 3.8) is 0 Å². The topological polar surface area (TPSA) is 52.0 Å². The van der Waals surface area contributed by atoms with Gasteiger partial charge in [0.25, 0.3) is 0 Å². The van der Waals surface area contributed by atoms with Gasteiger partial charge in [-0.3, -0.25) is 0 Å². The molecule has 0 spiro atoms. The van der Waals surface area contributed by atoms with Crippen LogP contribution in [0.4, 0.5) is 184 Å². The maximum atomic E-state index is 14.5. The van der Waals surface area contributed by atoms with E-state index in [4.69, 9.17) is 0 Å². The number of rotatable bonds is 18. The third-order valence-electron chi connectivity index (χ3n) is 8.06. The number of hydrogen-bond donors (Lipinski definition) is 2. The molecule has 0 unspecified atom stereocenters. The maximum Gasteiger partial charge on any atom is 0.460 e. The van der Waals surface area contributed by atoms with Gasteiger partial charge in [0.2, 0.25) is 0 Å². The highest BCUT2D eigenvalue weighted by Crippen LogP contribution is 2.70. The molecule has 4 N–H and O–H groups in total. The predicted octanol–water partition coefficient (Wildman–Crippen LogP) is 12.0. The lowest BCUT2D eigenvalue weighted by atomic mass is 9.87. The van der Waals surface area contributed by atoms with E-state index in [1.807, 2.05) is 0 Å². The second-order valence-electron chi connectivity index (χ2n) is 12.2. The summed E-state index contributed by atoms with van der Waals surface area (Å²) in [4.78, 5) is 0. The highest BCUT2D eigenvalue weighted by atomic mass is 28.4. The molecule has 0 fully saturated rings. The summed E-state index contributed by atoms with van der Waals surface area (Å²) in [6.07, 6.45) is -17.0. The third kappa shape index (κ3) is 6.83. The van der Waals surface area contributed by atoms with Crippen LogP contribution in [0.2, 0.25) is 0 Å². The molecule has 45 heteroatoms. The lowest BCUT2D eigenvalue weighted by molar-refractivity contribution is -0.474. The Morgan fingerprint density at radius 3 is 0.354 bits per heavy atom. The van der Waals surface area contributed by atoms with Crippen molar-refractivity contribution in [3.05, 3.63) is 0 Å². The maximum absolute atomic E-state index is 14.5. The number of alkyl halides is 42. The first kappa shape index (κ1) is 62.2. The third-order valence-corrected chi connectivity index (χ3v) is 10.8. The van der Waals surface area contributed by atoms with Gasteiger partial charge in [0.05, 0.1) is 0 Å². The molecule has 0 atom stereocenters. The second kappa shape index (κ2) is 14.6. The van der Waals surface area contributed by atoms with E-state index in [9.17, 15) is 184 Å². The van der Waals surface area contributed by atoms with Gasteiger partial charge in [0.15, 0.2) is 0 Å². The molecular formula is C20H4F42N2Si. The monoisotopic (exact) mass is 1100 g/mol. The summed E-state index contributed by atoms with van der Waals surface area (Å²) in [5.41, 5.74) is -19.4. The Hall–Kier alpha value is -2.80. The van der Waals surface area contributed by atoms with E-state index in [1.165, 1.54) is 0 Å². The first-order valence-corrected chi connectivity index (χ1v) is 15.7. The van der Waals surface area contributed by atoms with E-state index in [0.29, 0.717) is 0 Å². The van der Waals surface area contributed by atoms with Crippen LogP contribution < -0.4 is 10.8 Å². The van der Waals surface area contributed by atoms with Gasteiger partial charge in [0, 0.05) is 0 Å². The molecule has 0 aromatic carbocycles. The first-order valence-electron chi connectivity index (χ1n) is 13.5. The minimum atomic E-state index is -10.9. The van der Waals surface area contributed by atoms with Gasteiger partial charge in [-0.2, -0.15) is 167 Å². The second-order valence-corrected chi connectivity index (χ2v) is 15.2. The first-order chi connectivity index (χ1) is 27.0. The smallest absolute Gasteiger partial charge is 0.330 e. The van der Waals surface area contributed by atoms with Crippen LogP contribution in [0.5, 0.6) is 0 Å². The molecule has 0 amide bonds. The summed E-state index contributed by atoms with van der Waals surface area (Å²) >= 11 is 0. The average molecular weight is 1100 g/mol. The van der Waals surface area contributed by atoms with Crippen LogP contribution in [0.15, 0.2) is 0 Å². The molecule has 0 aliphatic carbocycles. The molecule has 65 heavy (non-hydrogen) atoms. The minimum Gasteiger partial charge on any atom is -0.330 e. The van der Waals surface area contributed by atoms with Gasteiger partial charge in [0.1, 0.15) is 0 Å². The lowest BCUT2D eigenvalue weighted by Gasteiger charge is -2.49. The highest BCUT2D eigenvalue weighted by molar-refractivity contribution is 6.79. The van der Waals surface area contributed by atoms with E-state index in [1.54, 1.807) is 0 Å². The van der Waals surface area contributed by atoms with Gasteiger partial charge >= 0.3 is 127 Å². The molecular weight excluding hydrogens is 1090 g/mol. The molecule has 0 heterocycles. The van der Waals surface area contributed by atoms with Crippen LogP contribution in [0.3, 0.4) is 0 Å². The summed E-state index contributed by atoms with van der Waals surface area (Å²) in [6, 6.07) is 0. The Labute approximate surface area is 323 Å². The van der Waals surface area contributed by atoms with Gasteiger partial charge in [-0.15, -0.1) is 0 Å². The van der Waals surface area contributed by atoms with Crippen molar-refractivity contribution in [1.82, 2.24) is 0 Å². The fourth-order valence-electron chi connectivity index (χ4n) is 3.83. The molecule has 392 valence electrons. The number of hydrogen-bond acceptors (Lipinski definition) is 2. The van der Waals surface area contributed by atoms with Crippen LogP contribution in [0.25, 0.3) is 0 Å². The Morgan fingerprint density at radius 2 is 0.246 bits per heavy atom. The molecule has 2 nitrogen and oxygen atoms in total. The molecule has 0 bridgehead atoms. The van der Waals surface area contributed by atoms with Crippen LogP contribution in [-0.2, 0) is 0 Å².